The van der Waals surface area contributed by atoms with E-state index in [1.54, 1.807) is 6.08 Å². The summed E-state index contributed by atoms with van der Waals surface area (Å²) in [6.07, 6.45) is -14.6. The van der Waals surface area contributed by atoms with E-state index in [1.807, 2.05) is 6.07 Å². The molecule has 130 heavy (non-hydrogen) atoms. The lowest BCUT2D eigenvalue weighted by Gasteiger charge is -2.37. The maximum atomic E-state index is 13.9. The van der Waals surface area contributed by atoms with E-state index >= 15 is 0 Å². The van der Waals surface area contributed by atoms with Crippen LogP contribution in [0.4, 0.5) is 96.6 Å². The molecule has 8 aromatic carbocycles. The number of halogens is 25. The van der Waals surface area contributed by atoms with E-state index < -0.39 is 169 Å². The van der Waals surface area contributed by atoms with E-state index in [2.05, 4.69) is 76.5 Å². The summed E-state index contributed by atoms with van der Waals surface area (Å²) in [4.78, 5) is 71.7. The Morgan fingerprint density at radius 1 is 0.400 bits per heavy atom. The van der Waals surface area contributed by atoms with Crippen LogP contribution < -0.4 is 37.6 Å². The second kappa shape index (κ2) is 43.9. The minimum absolute atomic E-state index is 0. The van der Waals surface area contributed by atoms with Crippen LogP contribution in [0.1, 0.15) is 215 Å². The van der Waals surface area contributed by atoms with E-state index in [1.165, 1.54) is 115 Å². The van der Waals surface area contributed by atoms with Gasteiger partial charge in [0.05, 0.1) is 78.9 Å². The largest absolute Gasteiger partial charge is 0.417 e. The highest BCUT2D eigenvalue weighted by molar-refractivity contribution is 14.1. The van der Waals surface area contributed by atoms with Crippen LogP contribution in [0.25, 0.3) is 5.57 Å². The van der Waals surface area contributed by atoms with Gasteiger partial charge in [-0.15, -0.1) is 12.4 Å². The van der Waals surface area contributed by atoms with Crippen molar-refractivity contribution in [2.24, 2.45) is 5.73 Å². The maximum Gasteiger partial charge on any atom is 0.417 e. The van der Waals surface area contributed by atoms with Crippen LogP contribution in [-0.2, 0) is 37.1 Å². The first-order valence-electron chi connectivity index (χ1n) is 39.0. The average molecular weight is 2040 g/mol. The third-order valence-electron chi connectivity index (χ3n) is 21.1. The molecule has 7 aliphatic carbocycles. The fourth-order valence-electron chi connectivity index (χ4n) is 13.1. The van der Waals surface area contributed by atoms with Crippen molar-refractivity contribution in [1.82, 2.24) is 31.9 Å². The first-order valence-corrected chi connectivity index (χ1v) is 40.9. The first kappa shape index (κ1) is 104. The highest BCUT2D eigenvalue weighted by Gasteiger charge is 2.45. The quantitative estimate of drug-likeness (QED) is 0.0403. The zero-order chi connectivity index (χ0) is 94.9. The molecular weight excluding hydrogens is 1960 g/mol. The Bertz CT molecular complexity index is 5630. The number of hydrogen-bond acceptors (Lipinski definition) is 9. The molecule has 2 atom stereocenters. The fraction of sp³-hybridized carbons (Fsp3) is 0.289. The Morgan fingerprint density at radius 2 is 0.754 bits per heavy atom. The predicted octanol–water partition coefficient (Wildman–Crippen LogP) is 24.1. The lowest BCUT2D eigenvalue weighted by Crippen LogP contribution is -2.52. The molecule has 0 bridgehead atoms. The molecule has 3 saturated carbocycles. The molecule has 0 radical (unpaired) electrons. The molecule has 40 heteroatoms. The minimum atomic E-state index is -4.67. The highest BCUT2D eigenvalue weighted by atomic mass is 127. The summed E-state index contributed by atoms with van der Waals surface area (Å²) in [5.74, 6) is -9.29. The third kappa shape index (κ3) is 27.1. The van der Waals surface area contributed by atoms with Crippen LogP contribution in [0, 0.1) is 45.9 Å². The van der Waals surface area contributed by atoms with Crippen molar-refractivity contribution in [3.05, 3.63) is 320 Å². The van der Waals surface area contributed by atoms with E-state index in [4.69, 9.17) is 16.3 Å². The molecule has 7 aliphatic rings. The van der Waals surface area contributed by atoms with Gasteiger partial charge in [-0.2, -0.15) is 89.6 Å². The van der Waals surface area contributed by atoms with Crippen LogP contribution in [0.5, 0.6) is 0 Å². The van der Waals surface area contributed by atoms with Crippen LogP contribution in [-0.4, -0.2) is 52.6 Å². The summed E-state index contributed by atoms with van der Waals surface area (Å²) < 4.78 is 287. The van der Waals surface area contributed by atoms with Crippen molar-refractivity contribution in [2.75, 3.05) is 0 Å². The molecule has 0 unspecified atom stereocenters. The van der Waals surface area contributed by atoms with Crippen molar-refractivity contribution >= 4 is 91.9 Å². The summed E-state index contributed by atoms with van der Waals surface area (Å²) in [7, 11) is 0. The Morgan fingerprint density at radius 3 is 1.04 bits per heavy atom. The Labute approximate surface area is 756 Å². The SMILES string of the molecule is Cl.N#CC1(N)CCC1.N#CC1(NC(=O)c2ccccc2C(F)(F)F)CCC1.O=C(NC1=C(Br)CC1)c1ccccc1C(F)(F)F.O=C(NC1=C(I)CC1)c1ccccc1C(F)(F)F.O=C(NC1=C(c2cccc(F)c2F)CC1)c1ccccc1C(F)(F)F.O=C(NC1=CCC1)c1ccccc1C(F)(F)F.O=C(N[C@@H]1CC[C@@H]1c1cccc(F)c1F)c1ccccc1C(F)(F)F. The van der Waals surface area contributed by atoms with Gasteiger partial charge in [0.15, 0.2) is 23.3 Å². The van der Waals surface area contributed by atoms with Gasteiger partial charge >= 0.3 is 37.1 Å². The zero-order valence-corrected chi connectivity index (χ0v) is 71.8. The molecule has 8 aromatic rings. The van der Waals surface area contributed by atoms with Crippen LogP contribution in [0.15, 0.2) is 219 Å². The Balaban J connectivity index is 0.000000190. The number of nitrogens with two attached hydrogens (primary N) is 1. The predicted molar refractivity (Wildman–Crippen MR) is 447 cm³/mol. The number of nitrogens with one attached hydrogen (secondary N) is 6. The number of nitrogens with zero attached hydrogens (tertiary/aromatic N) is 2. The van der Waals surface area contributed by atoms with Crippen LogP contribution in [0.2, 0.25) is 0 Å². The third-order valence-corrected chi connectivity index (χ3v) is 23.1. The minimum Gasteiger partial charge on any atom is -0.349 e. The number of amides is 6. The number of hydrogen-bond donors (Lipinski definition) is 7. The summed E-state index contributed by atoms with van der Waals surface area (Å²) >= 11 is 5.30. The summed E-state index contributed by atoms with van der Waals surface area (Å²) in [5, 5.41) is 32.0. The number of alkyl halides is 18. The molecule has 8 N–H and O–H groups in total. The molecule has 0 aromatic heterocycles. The summed E-state index contributed by atoms with van der Waals surface area (Å²) in [5.41, 5.74) is -1.41. The van der Waals surface area contributed by atoms with Crippen molar-refractivity contribution < 1.29 is 125 Å². The summed E-state index contributed by atoms with van der Waals surface area (Å²) in [6.45, 7) is 0. The van der Waals surface area contributed by atoms with Crippen molar-refractivity contribution in [3.8, 4) is 12.1 Å². The molecule has 0 spiro atoms. The molecule has 0 aliphatic heterocycles. The van der Waals surface area contributed by atoms with E-state index in [-0.39, 0.29) is 40.2 Å². The second-order valence-corrected chi connectivity index (χ2v) is 32.0. The highest BCUT2D eigenvalue weighted by Crippen LogP contribution is 2.44. The monoisotopic (exact) mass is 2040 g/mol. The van der Waals surface area contributed by atoms with Gasteiger partial charge in [0.25, 0.3) is 35.4 Å². The van der Waals surface area contributed by atoms with Gasteiger partial charge in [-0.25, -0.2) is 17.6 Å². The van der Waals surface area contributed by atoms with Gasteiger partial charge in [0, 0.05) is 48.4 Å². The van der Waals surface area contributed by atoms with Crippen LogP contribution >= 0.6 is 50.9 Å². The van der Waals surface area contributed by atoms with Crippen molar-refractivity contribution in [1.29, 1.82) is 10.5 Å². The lowest BCUT2D eigenvalue weighted by molar-refractivity contribution is -0.138. The molecule has 0 heterocycles. The number of nitriles is 2. The Hall–Kier alpha value is -11.6. The number of rotatable bonds is 14. The lowest BCUT2D eigenvalue weighted by atomic mass is 9.74. The first-order chi connectivity index (χ1) is 60.5. The number of allylic oxidation sites excluding steroid dienone is 8. The molecule has 15 nitrogen and oxygen atoms in total. The van der Waals surface area contributed by atoms with Gasteiger partial charge in [0.1, 0.15) is 11.1 Å². The number of benzene rings is 8. The molecule has 3 fully saturated rings. The standard InChI is InChI=1S/C18H14F5NO.C18H12F5NO.C13H11F3N2O.C12H9BrF3NO.C12H9F3INO.C12H10F3NO.C5H8N2.ClH/c2*19-14-7-3-5-11(16(14)20)10-8-9-15(10)24-17(25)12-4-1-2-6-13(12)18(21,22)23;14-13(15,16)10-5-2-1-4-9(10)11(19)18-12(8-17)6-3-7-12;13-9-5-6-10(9)17-11(18)7-3-1-2-4-8(7)12(14,15)16;13-12(14,15)8-4-2-1-3-7(8)11(18)17-10-6-5-9(10)16;13-12(14,15)10-7-2-1-6-9(10)11(17)16-8-4-3-5-8;6-4-5(7)2-1-3-5;/h1-7,10,15H,8-9H2,(H,24,25);1-7H,8-9H2,(H,24,25);1-2,4-5H,3,6-7H2,(H,18,19);2*1-4H,5-6H2,(H,17,18);1-2,4,6-7H,3,5H2,(H,16,17);1-3,7H2;1H/t10-,15-;;;;;;;/m1......./s1. The molecule has 690 valence electrons. The van der Waals surface area contributed by atoms with Crippen molar-refractivity contribution in [2.45, 2.75) is 163 Å². The van der Waals surface area contributed by atoms with Gasteiger partial charge in [-0.3, -0.25) is 28.8 Å². The molecule has 0 saturated heterocycles. The molecular formula is C90H74BrClF22IN9O6. The smallest absolute Gasteiger partial charge is 0.349 e. The van der Waals surface area contributed by atoms with E-state index in [0.29, 0.717) is 80.5 Å². The van der Waals surface area contributed by atoms with E-state index in [0.717, 1.165) is 125 Å². The van der Waals surface area contributed by atoms with Gasteiger partial charge < -0.3 is 37.6 Å². The van der Waals surface area contributed by atoms with E-state index in [9.17, 15) is 125 Å². The normalized spacial score (nSPS) is 16.7. The van der Waals surface area contributed by atoms with Crippen molar-refractivity contribution in [3.63, 3.8) is 0 Å². The molecule has 15 rings (SSSR count). The fourth-order valence-corrected chi connectivity index (χ4v) is 14.3. The van der Waals surface area contributed by atoms with Gasteiger partial charge in [0.2, 0.25) is 0 Å². The summed E-state index contributed by atoms with van der Waals surface area (Å²) in [6, 6.07) is 38.7. The zero-order valence-electron chi connectivity index (χ0n) is 67.3. The maximum absolute atomic E-state index is 13.9. The van der Waals surface area contributed by atoms with Gasteiger partial charge in [-0.05, 0) is 221 Å². The second-order valence-electron chi connectivity index (χ2n) is 29.7. The van der Waals surface area contributed by atoms with Gasteiger partial charge in [-0.1, -0.05) is 119 Å². The topological polar surface area (TPSA) is 248 Å². The number of carbonyl (C=O) groups is 6. The average Bonchev–Trinajstić information content (AvgIpc) is 0.793. The van der Waals surface area contributed by atoms with Crippen LogP contribution in [0.3, 0.4) is 0 Å². The number of carbonyl (C=O) groups excluding carboxylic acids is 6. The Kier molecular flexibility index (Phi) is 35.1. The molecule has 6 amide bonds.